The predicted octanol–water partition coefficient (Wildman–Crippen LogP) is 2.54. The molecule has 1 saturated heterocycles. The van der Waals surface area contributed by atoms with Crippen LogP contribution in [0.4, 0.5) is 0 Å². The Morgan fingerprint density at radius 3 is 2.57 bits per heavy atom. The Bertz CT molecular complexity index is 864. The third kappa shape index (κ3) is 5.00. The molecule has 0 saturated carbocycles. The third-order valence-electron chi connectivity index (χ3n) is 5.23. The number of hydrogen-bond acceptors (Lipinski definition) is 5. The first-order valence-corrected chi connectivity index (χ1v) is 10.2. The zero-order chi connectivity index (χ0) is 21.5. The van der Waals surface area contributed by atoms with E-state index in [1.165, 1.54) is 0 Å². The lowest BCUT2D eigenvalue weighted by molar-refractivity contribution is -0.158. The lowest BCUT2D eigenvalue weighted by Crippen LogP contribution is -2.55. The van der Waals surface area contributed by atoms with E-state index in [1.54, 1.807) is 46.4 Å². The Morgan fingerprint density at radius 1 is 1.17 bits per heavy atom. The van der Waals surface area contributed by atoms with Crippen molar-refractivity contribution in [2.75, 3.05) is 26.2 Å². The van der Waals surface area contributed by atoms with Crippen LogP contribution in [0, 0.1) is 5.41 Å². The van der Waals surface area contributed by atoms with Crippen molar-refractivity contribution in [1.82, 2.24) is 9.80 Å². The Morgan fingerprint density at radius 2 is 1.93 bits per heavy atom. The number of carbonyl (C=O) groups is 2. The predicted molar refractivity (Wildman–Crippen MR) is 112 cm³/mol. The van der Waals surface area contributed by atoms with E-state index in [1.807, 2.05) is 13.0 Å². The van der Waals surface area contributed by atoms with Crippen molar-refractivity contribution >= 4 is 17.6 Å². The van der Waals surface area contributed by atoms with E-state index < -0.39 is 11.8 Å². The molecule has 8 nitrogen and oxygen atoms in total. The highest BCUT2D eigenvalue weighted by Crippen LogP contribution is 2.26. The number of amides is 2. The van der Waals surface area contributed by atoms with Gasteiger partial charge in [-0.3, -0.25) is 15.0 Å². The highest BCUT2D eigenvalue weighted by Gasteiger charge is 2.36. The third-order valence-corrected chi connectivity index (χ3v) is 5.23. The van der Waals surface area contributed by atoms with Gasteiger partial charge in [0.15, 0.2) is 0 Å². The number of unbranched alkanes of at least 4 members (excludes halogenated alkanes) is 1. The molecule has 0 spiro atoms. The summed E-state index contributed by atoms with van der Waals surface area (Å²) in [6, 6.07) is 10.5. The number of rotatable bonds is 10. The van der Waals surface area contributed by atoms with E-state index in [0.29, 0.717) is 49.7 Å². The van der Waals surface area contributed by atoms with Gasteiger partial charge in [0.25, 0.3) is 0 Å². The van der Waals surface area contributed by atoms with Gasteiger partial charge in [0.1, 0.15) is 17.3 Å². The first kappa shape index (κ1) is 21.4. The molecule has 0 bridgehead atoms. The van der Waals surface area contributed by atoms with Crippen LogP contribution in [0.15, 0.2) is 47.1 Å². The normalized spacial score (nSPS) is 15.4. The van der Waals surface area contributed by atoms with E-state index in [9.17, 15) is 9.59 Å². The average molecular weight is 412 g/mol. The van der Waals surface area contributed by atoms with E-state index in [2.05, 4.69) is 0 Å². The van der Waals surface area contributed by atoms with E-state index >= 15 is 0 Å². The maximum atomic E-state index is 12.6. The number of nitrogen functional groups attached to an aromatic ring is 1. The smallest absolute Gasteiger partial charge is 0.312 e. The molecule has 2 aromatic rings. The molecule has 3 rings (SSSR count). The second-order valence-corrected chi connectivity index (χ2v) is 7.22. The molecule has 1 aliphatic rings. The van der Waals surface area contributed by atoms with Gasteiger partial charge in [0.2, 0.25) is 0 Å². The number of amidine groups is 1. The Balaban J connectivity index is 1.42. The number of nitrogens with two attached hydrogens (primary N) is 1. The van der Waals surface area contributed by atoms with Crippen LogP contribution in [0.2, 0.25) is 0 Å². The van der Waals surface area contributed by atoms with Crippen LogP contribution >= 0.6 is 0 Å². The first-order chi connectivity index (χ1) is 14.5. The molecule has 1 unspecified atom stereocenters. The van der Waals surface area contributed by atoms with Crippen LogP contribution in [0.25, 0.3) is 0 Å². The summed E-state index contributed by atoms with van der Waals surface area (Å²) in [5, 5.41) is 7.38. The van der Waals surface area contributed by atoms with Gasteiger partial charge < -0.3 is 24.7 Å². The summed E-state index contributed by atoms with van der Waals surface area (Å²) in [6.07, 6.45) is 3.79. The molecule has 1 aromatic carbocycles. The van der Waals surface area contributed by atoms with Crippen molar-refractivity contribution < 1.29 is 18.7 Å². The molecular formula is C22H28N4O4. The molecule has 2 heterocycles. The van der Waals surface area contributed by atoms with Gasteiger partial charge >= 0.3 is 11.8 Å². The quantitative estimate of drug-likeness (QED) is 0.269. The van der Waals surface area contributed by atoms with Gasteiger partial charge in [-0.2, -0.15) is 0 Å². The molecule has 0 aliphatic carbocycles. The molecule has 1 aliphatic heterocycles. The van der Waals surface area contributed by atoms with Crippen LogP contribution in [-0.4, -0.2) is 53.7 Å². The number of carbonyl (C=O) groups excluding carboxylic acids is 2. The van der Waals surface area contributed by atoms with Gasteiger partial charge in [0.05, 0.1) is 18.9 Å². The van der Waals surface area contributed by atoms with E-state index in [4.69, 9.17) is 20.3 Å². The number of hydrogen-bond donors (Lipinski definition) is 2. The van der Waals surface area contributed by atoms with Crippen molar-refractivity contribution in [3.63, 3.8) is 0 Å². The second kappa shape index (κ2) is 9.96. The summed E-state index contributed by atoms with van der Waals surface area (Å²) >= 11 is 0. The summed E-state index contributed by atoms with van der Waals surface area (Å²) in [4.78, 5) is 28.4. The summed E-state index contributed by atoms with van der Waals surface area (Å²) < 4.78 is 11.1. The van der Waals surface area contributed by atoms with E-state index in [-0.39, 0.29) is 11.9 Å². The fourth-order valence-corrected chi connectivity index (χ4v) is 3.58. The minimum absolute atomic E-state index is 0.0234. The Kier molecular flexibility index (Phi) is 7.11. The maximum absolute atomic E-state index is 12.6. The molecule has 30 heavy (non-hydrogen) atoms. The van der Waals surface area contributed by atoms with Crippen LogP contribution in [0.3, 0.4) is 0 Å². The van der Waals surface area contributed by atoms with Crippen molar-refractivity contribution in [3.05, 3.63) is 54.0 Å². The van der Waals surface area contributed by atoms with Crippen LogP contribution in [-0.2, 0) is 9.59 Å². The molecule has 0 radical (unpaired) electrons. The van der Waals surface area contributed by atoms with Crippen LogP contribution < -0.4 is 10.5 Å². The molecule has 3 N–H and O–H groups in total. The minimum atomic E-state index is -0.466. The topological polar surface area (TPSA) is 113 Å². The van der Waals surface area contributed by atoms with Crippen molar-refractivity contribution in [2.24, 2.45) is 5.73 Å². The molecular weight excluding hydrogens is 384 g/mol. The summed E-state index contributed by atoms with van der Waals surface area (Å²) in [5.41, 5.74) is 6.09. The van der Waals surface area contributed by atoms with Gasteiger partial charge in [-0.25, -0.2) is 0 Å². The zero-order valence-electron chi connectivity index (χ0n) is 17.2. The largest absolute Gasteiger partial charge is 0.494 e. The van der Waals surface area contributed by atoms with Crippen molar-refractivity contribution in [3.8, 4) is 5.75 Å². The molecule has 1 aromatic heterocycles. The average Bonchev–Trinajstić information content (AvgIpc) is 3.27. The fourth-order valence-electron chi connectivity index (χ4n) is 3.58. The van der Waals surface area contributed by atoms with Crippen LogP contribution in [0.1, 0.15) is 43.6 Å². The van der Waals surface area contributed by atoms with E-state index in [0.717, 1.165) is 12.8 Å². The van der Waals surface area contributed by atoms with Crippen LogP contribution in [0.5, 0.6) is 5.75 Å². The highest BCUT2D eigenvalue weighted by molar-refractivity contribution is 6.35. The second-order valence-electron chi connectivity index (χ2n) is 7.22. The summed E-state index contributed by atoms with van der Waals surface area (Å²) in [5.74, 6) is 0.526. The summed E-state index contributed by atoms with van der Waals surface area (Å²) in [7, 11) is 0. The van der Waals surface area contributed by atoms with Gasteiger partial charge in [0, 0.05) is 25.2 Å². The number of ether oxygens (including phenoxy) is 1. The van der Waals surface area contributed by atoms with Gasteiger partial charge in [-0.05, 0) is 55.7 Å². The van der Waals surface area contributed by atoms with Gasteiger partial charge in [-0.15, -0.1) is 0 Å². The molecule has 2 amide bonds. The minimum Gasteiger partial charge on any atom is -0.494 e. The highest BCUT2D eigenvalue weighted by atomic mass is 16.5. The SMILES string of the molecule is CCC(c1ccco1)N1CCN(CCCCOc2ccc(C(=N)N)cc2)C(=O)C1=O. The fraction of sp³-hybridized carbons (Fsp3) is 0.409. The number of nitrogens with one attached hydrogen (secondary N) is 1. The number of benzene rings is 1. The summed E-state index contributed by atoms with van der Waals surface area (Å²) in [6.45, 7) is 4.05. The van der Waals surface area contributed by atoms with Crippen molar-refractivity contribution in [1.29, 1.82) is 5.41 Å². The number of furan rings is 1. The molecule has 160 valence electrons. The lowest BCUT2D eigenvalue weighted by atomic mass is 10.1. The lowest BCUT2D eigenvalue weighted by Gasteiger charge is -2.37. The zero-order valence-corrected chi connectivity index (χ0v) is 17.2. The Hall–Kier alpha value is -3.29. The van der Waals surface area contributed by atoms with Gasteiger partial charge in [-0.1, -0.05) is 6.92 Å². The first-order valence-electron chi connectivity index (χ1n) is 10.2. The standard InChI is InChI=1S/C22H28N4O4/c1-2-18(19-6-5-15-30-19)26-13-12-25(21(27)22(26)28)11-3-4-14-29-17-9-7-16(8-10-17)20(23)24/h5-10,15,18H,2-4,11-14H2,1H3,(H3,23,24). The number of nitrogens with zero attached hydrogens (tertiary/aromatic N) is 2. The molecule has 1 atom stereocenters. The monoisotopic (exact) mass is 412 g/mol. The van der Waals surface area contributed by atoms with Crippen molar-refractivity contribution in [2.45, 2.75) is 32.2 Å². The Labute approximate surface area is 176 Å². The maximum Gasteiger partial charge on any atom is 0.312 e. The molecule has 8 heteroatoms. The molecule has 1 fully saturated rings. The number of piperazine rings is 1.